The molecule has 35 heavy (non-hydrogen) atoms. The van der Waals surface area contributed by atoms with Crippen molar-refractivity contribution >= 4 is 39.9 Å². The number of nitrogens with zero attached hydrogens (tertiary/aromatic N) is 1. The number of rotatable bonds is 5. The molecule has 176 valence electrons. The van der Waals surface area contributed by atoms with Gasteiger partial charge in [-0.1, -0.05) is 30.3 Å². The van der Waals surface area contributed by atoms with E-state index in [4.69, 9.17) is 14.9 Å². The van der Waals surface area contributed by atoms with E-state index in [9.17, 15) is 14.4 Å². The molecule has 3 aromatic carbocycles. The highest BCUT2D eigenvalue weighted by molar-refractivity contribution is 6.13. The standard InChI is InChI=1S/C27H23N3O5/c1-15(31)23-16(2)35-27(24(23)25(28)32)29-26(33)18-7-10-19(11-8-18)30-13-21-20-6-4-3-5-17(20)9-12-22(21)34-14-30/h3-12H,13-14H2,1-2H3,(H2,28,32)(H,29,33). The first-order chi connectivity index (χ1) is 16.8. The van der Waals surface area contributed by atoms with Gasteiger partial charge in [0.05, 0.1) is 12.1 Å². The summed E-state index contributed by atoms with van der Waals surface area (Å²) in [4.78, 5) is 38.7. The zero-order chi connectivity index (χ0) is 24.7. The van der Waals surface area contributed by atoms with Crippen molar-refractivity contribution in [2.45, 2.75) is 20.4 Å². The summed E-state index contributed by atoms with van der Waals surface area (Å²) in [6, 6.07) is 19.3. The maximum atomic E-state index is 12.8. The number of anilines is 2. The van der Waals surface area contributed by atoms with Crippen LogP contribution in [0.5, 0.6) is 5.75 Å². The molecule has 0 aliphatic carbocycles. The zero-order valence-corrected chi connectivity index (χ0v) is 19.3. The van der Waals surface area contributed by atoms with Gasteiger partial charge in [-0.3, -0.25) is 19.7 Å². The predicted octanol–water partition coefficient (Wildman–Crippen LogP) is 4.65. The van der Waals surface area contributed by atoms with Gasteiger partial charge in [0.15, 0.2) is 12.5 Å². The number of carbonyl (C=O) groups is 3. The second-order valence-corrected chi connectivity index (χ2v) is 8.39. The minimum Gasteiger partial charge on any atom is -0.473 e. The van der Waals surface area contributed by atoms with E-state index < -0.39 is 11.8 Å². The second kappa shape index (κ2) is 8.64. The number of hydrogen-bond acceptors (Lipinski definition) is 6. The van der Waals surface area contributed by atoms with Gasteiger partial charge in [-0.25, -0.2) is 0 Å². The van der Waals surface area contributed by atoms with E-state index in [1.807, 2.05) is 30.3 Å². The highest BCUT2D eigenvalue weighted by Gasteiger charge is 2.26. The number of amides is 2. The van der Waals surface area contributed by atoms with Crippen molar-refractivity contribution in [3.63, 3.8) is 0 Å². The summed E-state index contributed by atoms with van der Waals surface area (Å²) < 4.78 is 11.5. The number of ether oxygens (including phenoxy) is 1. The summed E-state index contributed by atoms with van der Waals surface area (Å²) in [6.45, 7) is 3.90. The Kier molecular flexibility index (Phi) is 5.49. The lowest BCUT2D eigenvalue weighted by Gasteiger charge is -2.31. The Morgan fingerprint density at radius 3 is 2.43 bits per heavy atom. The molecule has 0 bridgehead atoms. The summed E-state index contributed by atoms with van der Waals surface area (Å²) in [6.07, 6.45) is 0. The number of hydrogen-bond donors (Lipinski definition) is 2. The molecule has 0 saturated carbocycles. The van der Waals surface area contributed by atoms with Crippen molar-refractivity contribution in [3.8, 4) is 5.75 Å². The van der Waals surface area contributed by atoms with Gasteiger partial charge in [-0.05, 0) is 55.0 Å². The number of nitrogens with one attached hydrogen (secondary N) is 1. The predicted molar refractivity (Wildman–Crippen MR) is 132 cm³/mol. The molecule has 4 aromatic rings. The molecule has 0 unspecified atom stereocenters. The van der Waals surface area contributed by atoms with Gasteiger partial charge < -0.3 is 19.8 Å². The summed E-state index contributed by atoms with van der Waals surface area (Å²) in [5, 5.41) is 4.86. The normalized spacial score (nSPS) is 12.7. The van der Waals surface area contributed by atoms with Crippen LogP contribution in [0, 0.1) is 6.92 Å². The summed E-state index contributed by atoms with van der Waals surface area (Å²) >= 11 is 0. The number of aryl methyl sites for hydroxylation is 1. The zero-order valence-electron chi connectivity index (χ0n) is 19.3. The van der Waals surface area contributed by atoms with Crippen molar-refractivity contribution < 1.29 is 23.5 Å². The number of carbonyl (C=O) groups excluding carboxylic acids is 3. The van der Waals surface area contributed by atoms with Crippen LogP contribution < -0.4 is 20.7 Å². The van der Waals surface area contributed by atoms with Gasteiger partial charge in [0.2, 0.25) is 5.88 Å². The fraction of sp³-hybridized carbons (Fsp3) is 0.148. The highest BCUT2D eigenvalue weighted by atomic mass is 16.5. The van der Waals surface area contributed by atoms with Gasteiger partial charge in [-0.15, -0.1) is 0 Å². The van der Waals surface area contributed by atoms with E-state index in [0.717, 1.165) is 27.8 Å². The first kappa shape index (κ1) is 22.2. The largest absolute Gasteiger partial charge is 0.473 e. The van der Waals surface area contributed by atoms with Crippen LogP contribution >= 0.6 is 0 Å². The Bertz CT molecular complexity index is 1490. The van der Waals surface area contributed by atoms with Crippen molar-refractivity contribution in [2.24, 2.45) is 5.73 Å². The number of ketones is 1. The van der Waals surface area contributed by atoms with Crippen molar-refractivity contribution in [3.05, 3.63) is 88.7 Å². The molecule has 1 aliphatic heterocycles. The van der Waals surface area contributed by atoms with Gasteiger partial charge >= 0.3 is 0 Å². The molecule has 2 heterocycles. The molecule has 2 amide bonds. The molecule has 8 nitrogen and oxygen atoms in total. The SMILES string of the molecule is CC(=O)c1c(C)oc(NC(=O)c2ccc(N3COc4ccc5ccccc5c4C3)cc2)c1C(N)=O. The van der Waals surface area contributed by atoms with E-state index in [0.29, 0.717) is 18.8 Å². The molecule has 1 aliphatic rings. The van der Waals surface area contributed by atoms with Gasteiger partial charge in [0.1, 0.15) is 17.1 Å². The Balaban J connectivity index is 1.36. The number of fused-ring (bicyclic) bond motifs is 3. The lowest BCUT2D eigenvalue weighted by atomic mass is 10.0. The molecule has 0 atom stereocenters. The van der Waals surface area contributed by atoms with E-state index in [2.05, 4.69) is 28.4 Å². The highest BCUT2D eigenvalue weighted by Crippen LogP contribution is 2.34. The van der Waals surface area contributed by atoms with E-state index in [1.165, 1.54) is 13.8 Å². The van der Waals surface area contributed by atoms with Crippen molar-refractivity contribution in [1.82, 2.24) is 0 Å². The van der Waals surface area contributed by atoms with Crippen LogP contribution in [-0.2, 0) is 6.54 Å². The van der Waals surface area contributed by atoms with Crippen LogP contribution in [0.4, 0.5) is 11.6 Å². The fourth-order valence-corrected chi connectivity index (χ4v) is 4.45. The third kappa shape index (κ3) is 3.99. The molecule has 0 fully saturated rings. The van der Waals surface area contributed by atoms with Crippen LogP contribution in [0.1, 0.15) is 49.3 Å². The third-order valence-corrected chi connectivity index (χ3v) is 6.13. The van der Waals surface area contributed by atoms with Gasteiger partial charge in [-0.2, -0.15) is 0 Å². The molecular weight excluding hydrogens is 446 g/mol. The third-order valence-electron chi connectivity index (χ3n) is 6.13. The number of furan rings is 1. The van der Waals surface area contributed by atoms with E-state index in [1.54, 1.807) is 12.1 Å². The Morgan fingerprint density at radius 1 is 0.971 bits per heavy atom. The average molecular weight is 469 g/mol. The van der Waals surface area contributed by atoms with Crippen molar-refractivity contribution in [2.75, 3.05) is 16.9 Å². The molecule has 3 N–H and O–H groups in total. The Morgan fingerprint density at radius 2 is 1.71 bits per heavy atom. The molecule has 5 rings (SSSR count). The van der Waals surface area contributed by atoms with Crippen molar-refractivity contribution in [1.29, 1.82) is 0 Å². The lowest BCUT2D eigenvalue weighted by molar-refractivity contribution is 0.0974. The number of nitrogens with two attached hydrogens (primary N) is 1. The quantitative estimate of drug-likeness (QED) is 0.411. The maximum Gasteiger partial charge on any atom is 0.257 e. The summed E-state index contributed by atoms with van der Waals surface area (Å²) in [7, 11) is 0. The average Bonchev–Trinajstić information content (AvgIpc) is 3.19. The second-order valence-electron chi connectivity index (χ2n) is 8.39. The fourth-order valence-electron chi connectivity index (χ4n) is 4.45. The number of primary amides is 1. The van der Waals surface area contributed by atoms with Crippen LogP contribution in [0.3, 0.4) is 0 Å². The number of benzene rings is 3. The minimum atomic E-state index is -0.851. The van der Waals surface area contributed by atoms with Crippen LogP contribution in [-0.4, -0.2) is 24.3 Å². The Labute approximate surface area is 201 Å². The Hall–Kier alpha value is -4.59. The first-order valence-corrected chi connectivity index (χ1v) is 11.1. The van der Waals surface area contributed by atoms with Crippen LogP contribution in [0.2, 0.25) is 0 Å². The van der Waals surface area contributed by atoms with Crippen LogP contribution in [0.25, 0.3) is 10.8 Å². The number of Topliss-reactive ketones (excluding diaryl/α,β-unsaturated/α-hetero) is 1. The molecular formula is C27H23N3O5. The minimum absolute atomic E-state index is 0.0704. The summed E-state index contributed by atoms with van der Waals surface area (Å²) in [5.41, 5.74) is 7.74. The molecule has 0 saturated heterocycles. The topological polar surface area (TPSA) is 115 Å². The summed E-state index contributed by atoms with van der Waals surface area (Å²) in [5.74, 6) is -0.760. The maximum absolute atomic E-state index is 12.8. The molecule has 1 aromatic heterocycles. The molecule has 0 radical (unpaired) electrons. The molecule has 0 spiro atoms. The van der Waals surface area contributed by atoms with E-state index in [-0.39, 0.29) is 28.6 Å². The lowest BCUT2D eigenvalue weighted by Crippen LogP contribution is -2.32. The molecule has 8 heteroatoms. The van der Waals surface area contributed by atoms with Crippen LogP contribution in [0.15, 0.2) is 65.1 Å². The smallest absolute Gasteiger partial charge is 0.257 e. The van der Waals surface area contributed by atoms with E-state index >= 15 is 0 Å². The van der Waals surface area contributed by atoms with Gasteiger partial charge in [0.25, 0.3) is 11.8 Å². The monoisotopic (exact) mass is 469 g/mol. The van der Waals surface area contributed by atoms with Gasteiger partial charge in [0, 0.05) is 16.8 Å². The first-order valence-electron chi connectivity index (χ1n) is 11.1.